The standard InChI is InChI=1S/C14H16FN3O2/c1-10-2-4-11(5-3-10)7-18-8-12(16-9-18)6-13(17-15)14(19)20/h2-5,8-9,13,17H,6-7H2,1H3,(H,19,20)/t13-/m0/s1. The summed E-state index contributed by atoms with van der Waals surface area (Å²) in [6.45, 7) is 2.67. The maximum Gasteiger partial charge on any atom is 0.323 e. The summed E-state index contributed by atoms with van der Waals surface area (Å²) in [7, 11) is 0. The van der Waals surface area contributed by atoms with Crippen LogP contribution in [0.1, 0.15) is 16.8 Å². The van der Waals surface area contributed by atoms with Crippen LogP contribution in [0.25, 0.3) is 0 Å². The molecule has 1 atom stereocenters. The number of carbonyl (C=O) groups is 1. The van der Waals surface area contributed by atoms with Gasteiger partial charge in [0.05, 0.1) is 12.0 Å². The molecule has 0 spiro atoms. The maximum atomic E-state index is 12.3. The van der Waals surface area contributed by atoms with E-state index >= 15 is 0 Å². The van der Waals surface area contributed by atoms with E-state index in [9.17, 15) is 9.28 Å². The number of aliphatic carboxylic acids is 1. The number of hydrogen-bond acceptors (Lipinski definition) is 3. The summed E-state index contributed by atoms with van der Waals surface area (Å²) in [6.07, 6.45) is 3.35. The van der Waals surface area contributed by atoms with Crippen LogP contribution in [-0.4, -0.2) is 26.7 Å². The minimum Gasteiger partial charge on any atom is -0.480 e. The first-order valence-corrected chi connectivity index (χ1v) is 6.23. The van der Waals surface area contributed by atoms with Crippen LogP contribution < -0.4 is 5.54 Å². The lowest BCUT2D eigenvalue weighted by Crippen LogP contribution is -2.33. The van der Waals surface area contributed by atoms with Crippen LogP contribution in [0.15, 0.2) is 36.8 Å². The molecule has 0 bridgehead atoms. The highest BCUT2D eigenvalue weighted by molar-refractivity contribution is 5.73. The molecule has 2 rings (SSSR count). The molecule has 106 valence electrons. The number of aromatic nitrogens is 2. The van der Waals surface area contributed by atoms with E-state index in [4.69, 9.17) is 5.11 Å². The molecule has 0 radical (unpaired) electrons. The van der Waals surface area contributed by atoms with E-state index in [2.05, 4.69) is 4.98 Å². The van der Waals surface area contributed by atoms with Crippen molar-refractivity contribution in [2.45, 2.75) is 25.9 Å². The first-order valence-electron chi connectivity index (χ1n) is 6.23. The van der Waals surface area contributed by atoms with Gasteiger partial charge in [-0.3, -0.25) is 4.79 Å². The number of rotatable bonds is 6. The molecule has 2 aromatic rings. The third-order valence-corrected chi connectivity index (χ3v) is 3.02. The van der Waals surface area contributed by atoms with Gasteiger partial charge < -0.3 is 9.67 Å². The summed E-state index contributed by atoms with van der Waals surface area (Å²) < 4.78 is 14.2. The number of carboxylic acid groups (broad SMARTS) is 1. The van der Waals surface area contributed by atoms with Crippen LogP contribution in [0.2, 0.25) is 0 Å². The van der Waals surface area contributed by atoms with Crippen LogP contribution in [0.5, 0.6) is 0 Å². The number of nitrogens with zero attached hydrogens (tertiary/aromatic N) is 2. The molecule has 6 heteroatoms. The minimum atomic E-state index is -1.27. The lowest BCUT2D eigenvalue weighted by molar-refractivity contribution is -0.140. The molecule has 0 saturated heterocycles. The first kappa shape index (κ1) is 14.2. The topological polar surface area (TPSA) is 67.2 Å². The summed E-state index contributed by atoms with van der Waals surface area (Å²) in [5, 5.41) is 8.77. The normalized spacial score (nSPS) is 12.3. The van der Waals surface area contributed by atoms with Gasteiger partial charge in [-0.05, 0) is 12.5 Å². The molecule has 5 nitrogen and oxygen atoms in total. The lowest BCUT2D eigenvalue weighted by Gasteiger charge is -2.05. The molecule has 1 heterocycles. The maximum absolute atomic E-state index is 12.3. The molecular formula is C14H16FN3O2. The van der Waals surface area contributed by atoms with Gasteiger partial charge in [-0.1, -0.05) is 29.8 Å². The Balaban J connectivity index is 2.01. The third kappa shape index (κ3) is 3.64. The van der Waals surface area contributed by atoms with Crippen LogP contribution in [0, 0.1) is 6.92 Å². The summed E-state index contributed by atoms with van der Waals surface area (Å²) in [5.41, 5.74) is 4.12. The molecule has 20 heavy (non-hydrogen) atoms. The second-order valence-corrected chi connectivity index (χ2v) is 4.73. The van der Waals surface area contributed by atoms with Gasteiger partial charge in [-0.25, -0.2) is 4.98 Å². The smallest absolute Gasteiger partial charge is 0.323 e. The predicted molar refractivity (Wildman–Crippen MR) is 71.9 cm³/mol. The molecule has 1 aromatic heterocycles. The Morgan fingerprint density at radius 2 is 2.15 bits per heavy atom. The summed E-state index contributed by atoms with van der Waals surface area (Å²) in [5.74, 6) is -1.24. The van der Waals surface area contributed by atoms with Crippen molar-refractivity contribution in [2.75, 3.05) is 0 Å². The van der Waals surface area contributed by atoms with E-state index in [1.807, 2.05) is 35.8 Å². The number of halogens is 1. The second-order valence-electron chi connectivity index (χ2n) is 4.73. The monoisotopic (exact) mass is 277 g/mol. The lowest BCUT2D eigenvalue weighted by atomic mass is 10.1. The molecule has 0 aliphatic rings. The fourth-order valence-corrected chi connectivity index (χ4v) is 1.88. The van der Waals surface area contributed by atoms with Gasteiger partial charge >= 0.3 is 5.97 Å². The molecule has 1 aromatic carbocycles. The van der Waals surface area contributed by atoms with Crippen molar-refractivity contribution in [3.05, 3.63) is 53.6 Å². The molecule has 0 aliphatic carbocycles. The van der Waals surface area contributed by atoms with Crippen molar-refractivity contribution in [3.8, 4) is 0 Å². The van der Waals surface area contributed by atoms with Crippen LogP contribution >= 0.6 is 0 Å². The van der Waals surface area contributed by atoms with E-state index in [1.165, 1.54) is 11.1 Å². The Hall–Kier alpha value is -2.21. The minimum absolute atomic E-state index is 0.00668. The van der Waals surface area contributed by atoms with E-state index < -0.39 is 12.0 Å². The fourth-order valence-electron chi connectivity index (χ4n) is 1.88. The van der Waals surface area contributed by atoms with Crippen molar-refractivity contribution in [2.24, 2.45) is 0 Å². The zero-order chi connectivity index (χ0) is 14.5. The average Bonchev–Trinajstić information content (AvgIpc) is 2.86. The predicted octanol–water partition coefficient (Wildman–Crippen LogP) is 1.71. The van der Waals surface area contributed by atoms with Gasteiger partial charge in [0.15, 0.2) is 0 Å². The molecule has 2 N–H and O–H groups in total. The van der Waals surface area contributed by atoms with Crippen molar-refractivity contribution in [3.63, 3.8) is 0 Å². The van der Waals surface area contributed by atoms with Crippen molar-refractivity contribution >= 4 is 5.97 Å². The van der Waals surface area contributed by atoms with Crippen LogP contribution in [0.4, 0.5) is 4.48 Å². The highest BCUT2D eigenvalue weighted by Crippen LogP contribution is 2.07. The Morgan fingerprint density at radius 1 is 1.45 bits per heavy atom. The highest BCUT2D eigenvalue weighted by atomic mass is 19.2. The summed E-state index contributed by atoms with van der Waals surface area (Å²) >= 11 is 0. The van der Waals surface area contributed by atoms with Crippen molar-refractivity contribution < 1.29 is 14.4 Å². The van der Waals surface area contributed by atoms with Gasteiger partial charge in [-0.2, -0.15) is 0 Å². The summed E-state index contributed by atoms with van der Waals surface area (Å²) in [6, 6.07) is 6.84. The van der Waals surface area contributed by atoms with Crippen LogP contribution in [0.3, 0.4) is 0 Å². The second kappa shape index (κ2) is 6.29. The highest BCUT2D eigenvalue weighted by Gasteiger charge is 2.18. The molecule has 0 unspecified atom stereocenters. The van der Waals surface area contributed by atoms with Gasteiger partial charge in [0.25, 0.3) is 0 Å². The number of aryl methyl sites for hydroxylation is 1. The zero-order valence-corrected chi connectivity index (χ0v) is 11.1. The van der Waals surface area contributed by atoms with Gasteiger partial charge in [0.1, 0.15) is 6.04 Å². The number of imidazole rings is 1. The fraction of sp³-hybridized carbons (Fsp3) is 0.286. The van der Waals surface area contributed by atoms with E-state index in [1.54, 1.807) is 12.5 Å². The van der Waals surface area contributed by atoms with Gasteiger partial charge in [-0.15, -0.1) is 10.0 Å². The number of hydrogen-bond donors (Lipinski definition) is 2. The molecule has 0 saturated carbocycles. The molecule has 0 fully saturated rings. The number of carboxylic acids is 1. The quantitative estimate of drug-likeness (QED) is 0.789. The van der Waals surface area contributed by atoms with Gasteiger partial charge in [0.2, 0.25) is 0 Å². The van der Waals surface area contributed by atoms with E-state index in [0.717, 1.165) is 5.56 Å². The third-order valence-electron chi connectivity index (χ3n) is 3.02. The zero-order valence-electron chi connectivity index (χ0n) is 11.1. The van der Waals surface area contributed by atoms with E-state index in [-0.39, 0.29) is 6.42 Å². The average molecular weight is 277 g/mol. The van der Waals surface area contributed by atoms with Gasteiger partial charge in [0, 0.05) is 19.2 Å². The SMILES string of the molecule is Cc1ccc(Cn2cnc(C[C@H](NF)C(=O)O)c2)cc1. The molecule has 0 aliphatic heterocycles. The molecular weight excluding hydrogens is 261 g/mol. The van der Waals surface area contributed by atoms with Crippen molar-refractivity contribution in [1.82, 2.24) is 15.1 Å². The Kier molecular flexibility index (Phi) is 4.47. The number of nitrogens with one attached hydrogen (secondary N) is 1. The first-order chi connectivity index (χ1) is 9.58. The van der Waals surface area contributed by atoms with Crippen molar-refractivity contribution in [1.29, 1.82) is 0 Å². The van der Waals surface area contributed by atoms with E-state index in [0.29, 0.717) is 12.2 Å². The van der Waals surface area contributed by atoms with Crippen LogP contribution in [-0.2, 0) is 17.8 Å². The summed E-state index contributed by atoms with van der Waals surface area (Å²) in [4.78, 5) is 14.8. The largest absolute Gasteiger partial charge is 0.480 e. The Labute approximate surface area is 116 Å². The Bertz CT molecular complexity index is 580. The Morgan fingerprint density at radius 3 is 2.75 bits per heavy atom. The number of benzene rings is 1. The molecule has 0 amide bonds.